The minimum absolute atomic E-state index is 0.161. The Balaban J connectivity index is 1.96. The second kappa shape index (κ2) is 7.63. The molecule has 22 heavy (non-hydrogen) atoms. The lowest BCUT2D eigenvalue weighted by Crippen LogP contribution is -2.33. The number of halogens is 1. The second-order valence-corrected chi connectivity index (χ2v) is 6.38. The fourth-order valence-electron chi connectivity index (χ4n) is 2.10. The lowest BCUT2D eigenvalue weighted by molar-refractivity contribution is 0.0918. The van der Waals surface area contributed by atoms with Gasteiger partial charge in [0.05, 0.1) is 18.2 Å². The van der Waals surface area contributed by atoms with Crippen LogP contribution in [0.1, 0.15) is 34.7 Å². The number of aliphatic hydroxyl groups excluding tert-OH is 1. The molecule has 2 atom stereocenters. The van der Waals surface area contributed by atoms with E-state index in [1.54, 1.807) is 18.2 Å². The highest BCUT2D eigenvalue weighted by atomic mass is 35.5. The molecule has 0 aliphatic heterocycles. The molecule has 2 N–H and O–H groups in total. The third-order valence-corrected chi connectivity index (χ3v) is 4.53. The second-order valence-electron chi connectivity index (χ2n) is 4.99. The average molecular weight is 340 g/mol. The van der Waals surface area contributed by atoms with Gasteiger partial charge in [-0.3, -0.25) is 4.79 Å². The highest BCUT2D eigenvalue weighted by Crippen LogP contribution is 2.25. The van der Waals surface area contributed by atoms with E-state index in [1.165, 1.54) is 18.4 Å². The first-order chi connectivity index (χ1) is 10.5. The number of benzene rings is 1. The van der Waals surface area contributed by atoms with Crippen LogP contribution in [-0.4, -0.2) is 24.2 Å². The van der Waals surface area contributed by atoms with E-state index in [0.29, 0.717) is 22.8 Å². The summed E-state index contributed by atoms with van der Waals surface area (Å²) in [6.45, 7) is 1.86. The van der Waals surface area contributed by atoms with E-state index >= 15 is 0 Å². The molecule has 0 radical (unpaired) electrons. The van der Waals surface area contributed by atoms with Gasteiger partial charge in [-0.2, -0.15) is 0 Å². The maximum Gasteiger partial charge on any atom is 0.251 e. The van der Waals surface area contributed by atoms with Gasteiger partial charge in [-0.25, -0.2) is 0 Å². The molecule has 118 valence electrons. The van der Waals surface area contributed by atoms with E-state index in [0.717, 1.165) is 4.88 Å². The molecule has 0 saturated carbocycles. The summed E-state index contributed by atoms with van der Waals surface area (Å²) in [6, 6.07) is 8.48. The number of carbonyl (C=O) groups is 1. The van der Waals surface area contributed by atoms with Crippen molar-refractivity contribution in [3.63, 3.8) is 0 Å². The van der Waals surface area contributed by atoms with Crippen LogP contribution < -0.4 is 10.1 Å². The number of thiophene rings is 1. The van der Waals surface area contributed by atoms with E-state index < -0.39 is 6.10 Å². The highest BCUT2D eigenvalue weighted by Gasteiger charge is 2.16. The van der Waals surface area contributed by atoms with E-state index in [-0.39, 0.29) is 11.9 Å². The minimum atomic E-state index is -0.574. The molecule has 0 unspecified atom stereocenters. The van der Waals surface area contributed by atoms with Crippen molar-refractivity contribution < 1.29 is 14.6 Å². The van der Waals surface area contributed by atoms with Gasteiger partial charge in [0.15, 0.2) is 0 Å². The quantitative estimate of drug-likeness (QED) is 0.844. The molecular weight excluding hydrogens is 322 g/mol. The number of hydrogen-bond acceptors (Lipinski definition) is 4. The largest absolute Gasteiger partial charge is 0.495 e. The molecule has 1 amide bonds. The fraction of sp³-hybridized carbons (Fsp3) is 0.312. The Morgan fingerprint density at radius 3 is 2.86 bits per heavy atom. The van der Waals surface area contributed by atoms with Crippen LogP contribution in [0.5, 0.6) is 5.75 Å². The van der Waals surface area contributed by atoms with Crippen LogP contribution in [-0.2, 0) is 0 Å². The van der Waals surface area contributed by atoms with Crippen molar-refractivity contribution in [1.29, 1.82) is 0 Å². The van der Waals surface area contributed by atoms with E-state index in [1.807, 2.05) is 24.4 Å². The third-order valence-electron chi connectivity index (χ3n) is 3.24. The van der Waals surface area contributed by atoms with Crippen LogP contribution in [0.25, 0.3) is 0 Å². The zero-order valence-corrected chi connectivity index (χ0v) is 13.9. The van der Waals surface area contributed by atoms with Crippen molar-refractivity contribution in [2.24, 2.45) is 0 Å². The summed E-state index contributed by atoms with van der Waals surface area (Å²) in [6.07, 6.45) is -0.119. The maximum atomic E-state index is 12.2. The van der Waals surface area contributed by atoms with Crippen LogP contribution in [0, 0.1) is 0 Å². The monoisotopic (exact) mass is 339 g/mol. The molecule has 4 nitrogen and oxygen atoms in total. The van der Waals surface area contributed by atoms with Crippen molar-refractivity contribution >= 4 is 28.8 Å². The Hall–Kier alpha value is -1.56. The lowest BCUT2D eigenvalue weighted by atomic mass is 10.1. The van der Waals surface area contributed by atoms with Gasteiger partial charge in [0.25, 0.3) is 5.91 Å². The van der Waals surface area contributed by atoms with Crippen LogP contribution in [0.3, 0.4) is 0 Å². The Morgan fingerprint density at radius 2 is 2.23 bits per heavy atom. The van der Waals surface area contributed by atoms with Crippen molar-refractivity contribution in [2.45, 2.75) is 25.5 Å². The highest BCUT2D eigenvalue weighted by molar-refractivity contribution is 7.10. The minimum Gasteiger partial charge on any atom is -0.495 e. The lowest BCUT2D eigenvalue weighted by Gasteiger charge is -2.17. The first kappa shape index (κ1) is 16.8. The number of carbonyl (C=O) groups excluding carboxylic acids is 1. The molecule has 2 rings (SSSR count). The summed E-state index contributed by atoms with van der Waals surface area (Å²) in [5.74, 6) is 0.237. The summed E-state index contributed by atoms with van der Waals surface area (Å²) in [5.41, 5.74) is 0.471. The number of nitrogens with one attached hydrogen (secondary N) is 1. The maximum absolute atomic E-state index is 12.2. The summed E-state index contributed by atoms with van der Waals surface area (Å²) in [5, 5.41) is 15.3. The third kappa shape index (κ3) is 4.22. The Bertz CT molecular complexity index is 630. The molecule has 2 aromatic rings. The average Bonchev–Trinajstić information content (AvgIpc) is 3.01. The fourth-order valence-corrected chi connectivity index (χ4v) is 3.02. The zero-order chi connectivity index (χ0) is 16.1. The van der Waals surface area contributed by atoms with Gasteiger partial charge in [0.2, 0.25) is 0 Å². The first-order valence-corrected chi connectivity index (χ1v) is 8.13. The van der Waals surface area contributed by atoms with E-state index in [9.17, 15) is 9.90 Å². The molecule has 0 aliphatic rings. The van der Waals surface area contributed by atoms with Crippen LogP contribution >= 0.6 is 22.9 Å². The molecule has 0 aliphatic carbocycles. The Labute approximate surface area is 138 Å². The zero-order valence-electron chi connectivity index (χ0n) is 12.4. The van der Waals surface area contributed by atoms with Gasteiger partial charge in [-0.1, -0.05) is 17.7 Å². The van der Waals surface area contributed by atoms with Crippen LogP contribution in [0.4, 0.5) is 0 Å². The van der Waals surface area contributed by atoms with Gasteiger partial charge in [0.1, 0.15) is 5.75 Å². The number of amides is 1. The van der Waals surface area contributed by atoms with Crippen molar-refractivity contribution in [2.75, 3.05) is 7.11 Å². The number of ether oxygens (including phenoxy) is 1. The van der Waals surface area contributed by atoms with Crippen molar-refractivity contribution in [3.8, 4) is 5.75 Å². The summed E-state index contributed by atoms with van der Waals surface area (Å²) < 4.78 is 5.10. The number of rotatable bonds is 6. The molecule has 0 spiro atoms. The molecular formula is C16H18ClNO3S. The topological polar surface area (TPSA) is 58.6 Å². The molecule has 1 heterocycles. The number of aliphatic hydroxyl groups is 1. The van der Waals surface area contributed by atoms with Crippen molar-refractivity contribution in [3.05, 3.63) is 51.2 Å². The smallest absolute Gasteiger partial charge is 0.251 e. The summed E-state index contributed by atoms with van der Waals surface area (Å²) in [7, 11) is 1.50. The number of hydrogen-bond donors (Lipinski definition) is 2. The normalized spacial score (nSPS) is 13.5. The molecule has 6 heteroatoms. The van der Waals surface area contributed by atoms with Crippen LogP contribution in [0.15, 0.2) is 35.7 Å². The standard InChI is InChI=1S/C16H18ClNO3S/c1-10(8-13(19)15-4-3-7-22-15)18-16(20)11-5-6-12(17)14(9-11)21-2/h3-7,9-10,13,19H,8H2,1-2H3,(H,18,20)/t10-,13+/m1/s1. The predicted octanol–water partition coefficient (Wildman–Crippen LogP) is 3.65. The summed E-state index contributed by atoms with van der Waals surface area (Å²) in [4.78, 5) is 13.1. The molecule has 1 aromatic heterocycles. The molecule has 0 bridgehead atoms. The molecule has 1 aromatic carbocycles. The molecule has 0 saturated heterocycles. The van der Waals surface area contributed by atoms with Crippen LogP contribution in [0.2, 0.25) is 5.02 Å². The SMILES string of the molecule is COc1cc(C(=O)N[C@H](C)C[C@H](O)c2cccs2)ccc1Cl. The first-order valence-electron chi connectivity index (χ1n) is 6.87. The van der Waals surface area contributed by atoms with Crippen molar-refractivity contribution in [1.82, 2.24) is 5.32 Å². The van der Waals surface area contributed by atoms with Gasteiger partial charge >= 0.3 is 0 Å². The number of methoxy groups -OCH3 is 1. The van der Waals surface area contributed by atoms with E-state index in [4.69, 9.17) is 16.3 Å². The Kier molecular flexibility index (Phi) is 5.83. The van der Waals surface area contributed by atoms with Gasteiger partial charge < -0.3 is 15.2 Å². The van der Waals surface area contributed by atoms with Gasteiger partial charge in [0, 0.05) is 16.5 Å². The Morgan fingerprint density at radius 1 is 1.45 bits per heavy atom. The molecule has 0 fully saturated rings. The summed E-state index contributed by atoms with van der Waals surface area (Å²) >= 11 is 7.44. The van der Waals surface area contributed by atoms with Gasteiger partial charge in [-0.05, 0) is 43.0 Å². The van der Waals surface area contributed by atoms with Gasteiger partial charge in [-0.15, -0.1) is 11.3 Å². The predicted molar refractivity (Wildman–Crippen MR) is 88.8 cm³/mol. The van der Waals surface area contributed by atoms with E-state index in [2.05, 4.69) is 5.32 Å².